The fourth-order valence-corrected chi connectivity index (χ4v) is 4.62. The molecule has 0 atom stereocenters. The Balaban J connectivity index is 1.48. The van der Waals surface area contributed by atoms with E-state index in [1.807, 2.05) is 30.2 Å². The van der Waals surface area contributed by atoms with Crippen molar-refractivity contribution in [3.8, 4) is 22.8 Å². The molecule has 32 heavy (non-hydrogen) atoms. The predicted molar refractivity (Wildman–Crippen MR) is 125 cm³/mol. The normalized spacial score (nSPS) is 14.2. The lowest BCUT2D eigenvalue weighted by Gasteiger charge is -2.13. The van der Waals surface area contributed by atoms with E-state index in [0.717, 1.165) is 17.1 Å². The first kappa shape index (κ1) is 20.3. The molecule has 0 amide bonds. The molecule has 162 valence electrons. The summed E-state index contributed by atoms with van der Waals surface area (Å²) in [6, 6.07) is 7.07. The second-order valence-corrected chi connectivity index (χ2v) is 8.69. The van der Waals surface area contributed by atoms with E-state index in [-0.39, 0.29) is 22.1 Å². The van der Waals surface area contributed by atoms with E-state index in [9.17, 15) is 9.90 Å². The molecule has 0 unspecified atom stereocenters. The number of nitrogens with one attached hydrogen (secondary N) is 1. The van der Waals surface area contributed by atoms with E-state index < -0.39 is 0 Å². The third-order valence-electron chi connectivity index (χ3n) is 5.09. The Morgan fingerprint density at radius 3 is 2.84 bits per heavy atom. The van der Waals surface area contributed by atoms with Crippen LogP contribution in [0.25, 0.3) is 22.3 Å². The maximum absolute atomic E-state index is 12.9. The first-order chi connectivity index (χ1) is 15.4. The highest BCUT2D eigenvalue weighted by molar-refractivity contribution is 7.15. The van der Waals surface area contributed by atoms with Gasteiger partial charge in [0.2, 0.25) is 0 Å². The lowest BCUT2D eigenvalue weighted by Crippen LogP contribution is -2.22. The third-order valence-corrected chi connectivity index (χ3v) is 6.36. The van der Waals surface area contributed by atoms with Gasteiger partial charge in [0.1, 0.15) is 5.82 Å². The Bertz CT molecular complexity index is 1480. The van der Waals surface area contributed by atoms with Crippen LogP contribution < -0.4 is 25.0 Å². The second-order valence-electron chi connectivity index (χ2n) is 7.27. The van der Waals surface area contributed by atoms with Gasteiger partial charge in [0.15, 0.2) is 16.5 Å². The Kier molecular flexibility index (Phi) is 4.99. The van der Waals surface area contributed by atoms with E-state index in [0.29, 0.717) is 27.4 Å². The monoisotopic (exact) mass is 467 g/mol. The standard InChI is InChI=1S/C22H18ClN5O3S/c1-12-9-27(11-25-12)19-4-3-14(8-24-19)16-10-28-21(30)18(32-22(28)26-16)7-13-5-15(23)20(29)17(6-13)31-2/h3-10,25,29H,11H2,1-2H3/b18-7-. The number of aromatic nitrogens is 3. The Labute approximate surface area is 191 Å². The zero-order valence-electron chi connectivity index (χ0n) is 17.2. The van der Waals surface area contributed by atoms with Gasteiger partial charge in [-0.3, -0.25) is 9.20 Å². The molecule has 4 heterocycles. The number of pyridine rings is 1. The Morgan fingerprint density at radius 1 is 1.34 bits per heavy atom. The molecule has 0 saturated carbocycles. The third kappa shape index (κ3) is 3.55. The average Bonchev–Trinajstić information content (AvgIpc) is 3.48. The van der Waals surface area contributed by atoms with Crippen LogP contribution in [-0.4, -0.2) is 33.3 Å². The van der Waals surface area contributed by atoms with Gasteiger partial charge in [0.25, 0.3) is 5.56 Å². The van der Waals surface area contributed by atoms with Gasteiger partial charge in [-0.1, -0.05) is 22.9 Å². The van der Waals surface area contributed by atoms with Crippen molar-refractivity contribution >= 4 is 39.8 Å². The number of methoxy groups -OCH3 is 1. The molecule has 0 fully saturated rings. The van der Waals surface area contributed by atoms with Gasteiger partial charge in [0.05, 0.1) is 29.0 Å². The minimum atomic E-state index is -0.180. The summed E-state index contributed by atoms with van der Waals surface area (Å²) in [4.78, 5) is 24.6. The number of hydrogen-bond donors (Lipinski definition) is 2. The van der Waals surface area contributed by atoms with Gasteiger partial charge in [-0.2, -0.15) is 0 Å². The SMILES string of the molecule is COc1cc(/C=c2\sc3nc(-c4ccc(N5C=C(C)NC5)nc4)cn3c2=O)cc(Cl)c1O. The number of phenolic OH excluding ortho intramolecular Hbond substituents is 1. The fraction of sp³-hybridized carbons (Fsp3) is 0.136. The van der Waals surface area contributed by atoms with Crippen LogP contribution in [0, 0.1) is 0 Å². The molecule has 1 aliphatic heterocycles. The van der Waals surface area contributed by atoms with Crippen LogP contribution in [0.3, 0.4) is 0 Å². The number of allylic oxidation sites excluding steroid dienone is 1. The summed E-state index contributed by atoms with van der Waals surface area (Å²) in [5.74, 6) is 0.945. The second kappa shape index (κ2) is 7.85. The van der Waals surface area contributed by atoms with Gasteiger partial charge in [-0.25, -0.2) is 9.97 Å². The molecular formula is C22H18ClN5O3S. The summed E-state index contributed by atoms with van der Waals surface area (Å²) in [7, 11) is 1.44. The van der Waals surface area contributed by atoms with E-state index in [1.165, 1.54) is 22.8 Å². The van der Waals surface area contributed by atoms with Crippen molar-refractivity contribution in [1.82, 2.24) is 19.7 Å². The van der Waals surface area contributed by atoms with Gasteiger partial charge >= 0.3 is 0 Å². The van der Waals surface area contributed by atoms with Crippen LogP contribution in [0.2, 0.25) is 5.02 Å². The van der Waals surface area contributed by atoms with Gasteiger partial charge < -0.3 is 20.1 Å². The van der Waals surface area contributed by atoms with Crippen molar-refractivity contribution in [1.29, 1.82) is 0 Å². The summed E-state index contributed by atoms with van der Waals surface area (Å²) in [6.45, 7) is 2.69. The molecule has 1 aliphatic rings. The summed E-state index contributed by atoms with van der Waals surface area (Å²) in [5, 5.41) is 13.3. The van der Waals surface area contributed by atoms with E-state index in [4.69, 9.17) is 16.3 Å². The lowest BCUT2D eigenvalue weighted by atomic mass is 10.2. The van der Waals surface area contributed by atoms with Crippen molar-refractivity contribution in [3.05, 3.63) is 74.0 Å². The minimum absolute atomic E-state index is 0.133. The zero-order chi connectivity index (χ0) is 22.4. The van der Waals surface area contributed by atoms with Crippen molar-refractivity contribution in [2.45, 2.75) is 6.92 Å². The van der Waals surface area contributed by atoms with Gasteiger partial charge in [-0.05, 0) is 42.8 Å². The number of fused-ring (bicyclic) bond motifs is 1. The van der Waals surface area contributed by atoms with Crippen LogP contribution in [0.4, 0.5) is 5.82 Å². The molecule has 0 bridgehead atoms. The van der Waals surface area contributed by atoms with E-state index >= 15 is 0 Å². The summed E-state index contributed by atoms with van der Waals surface area (Å²) < 4.78 is 7.15. The maximum atomic E-state index is 12.9. The van der Waals surface area contributed by atoms with Crippen molar-refractivity contribution in [3.63, 3.8) is 0 Å². The highest BCUT2D eigenvalue weighted by atomic mass is 35.5. The summed E-state index contributed by atoms with van der Waals surface area (Å²) in [5.41, 5.74) is 3.07. The van der Waals surface area contributed by atoms with Gasteiger partial charge in [-0.15, -0.1) is 0 Å². The zero-order valence-corrected chi connectivity index (χ0v) is 18.7. The van der Waals surface area contributed by atoms with Crippen LogP contribution in [0.15, 0.2) is 53.4 Å². The Hall–Kier alpha value is -3.56. The van der Waals surface area contributed by atoms with Gasteiger partial charge in [0, 0.05) is 29.9 Å². The van der Waals surface area contributed by atoms with E-state index in [2.05, 4.69) is 15.3 Å². The van der Waals surface area contributed by atoms with Crippen molar-refractivity contribution in [2.75, 3.05) is 18.7 Å². The number of thiazole rings is 1. The Morgan fingerprint density at radius 2 is 2.19 bits per heavy atom. The summed E-state index contributed by atoms with van der Waals surface area (Å²) in [6.07, 6.45) is 7.18. The number of halogens is 1. The van der Waals surface area contributed by atoms with Crippen LogP contribution in [0.5, 0.6) is 11.5 Å². The first-order valence-corrected chi connectivity index (χ1v) is 10.9. The lowest BCUT2D eigenvalue weighted by molar-refractivity contribution is 0.373. The number of aromatic hydroxyl groups is 1. The molecule has 0 spiro atoms. The highest BCUT2D eigenvalue weighted by Crippen LogP contribution is 2.35. The fourth-order valence-electron chi connectivity index (χ4n) is 3.45. The number of imidazole rings is 1. The van der Waals surface area contributed by atoms with Crippen LogP contribution in [-0.2, 0) is 0 Å². The molecule has 0 saturated heterocycles. The number of phenols is 1. The van der Waals surface area contributed by atoms with Crippen molar-refractivity contribution in [2.24, 2.45) is 0 Å². The maximum Gasteiger partial charge on any atom is 0.274 e. The number of benzene rings is 1. The number of rotatable bonds is 4. The summed E-state index contributed by atoms with van der Waals surface area (Å²) >= 11 is 7.33. The first-order valence-electron chi connectivity index (χ1n) is 9.68. The van der Waals surface area contributed by atoms with E-state index in [1.54, 1.807) is 30.6 Å². The molecule has 8 nitrogen and oxygen atoms in total. The largest absolute Gasteiger partial charge is 0.503 e. The topological polar surface area (TPSA) is 92.0 Å². The molecule has 4 aromatic rings. The molecular weight excluding hydrogens is 450 g/mol. The molecule has 3 aromatic heterocycles. The number of anilines is 1. The molecule has 5 rings (SSSR count). The number of ether oxygens (including phenoxy) is 1. The molecule has 0 aliphatic carbocycles. The molecule has 1 aromatic carbocycles. The smallest absolute Gasteiger partial charge is 0.274 e. The van der Waals surface area contributed by atoms with Crippen LogP contribution in [0.1, 0.15) is 12.5 Å². The van der Waals surface area contributed by atoms with Crippen LogP contribution >= 0.6 is 22.9 Å². The number of nitrogens with zero attached hydrogens (tertiary/aromatic N) is 4. The number of hydrogen-bond acceptors (Lipinski definition) is 8. The minimum Gasteiger partial charge on any atom is -0.503 e. The van der Waals surface area contributed by atoms with Crippen molar-refractivity contribution < 1.29 is 9.84 Å². The predicted octanol–water partition coefficient (Wildman–Crippen LogP) is 2.96. The molecule has 10 heteroatoms. The quantitative estimate of drug-likeness (QED) is 0.476. The molecule has 0 radical (unpaired) electrons. The molecule has 2 N–H and O–H groups in total. The average molecular weight is 468 g/mol. The highest BCUT2D eigenvalue weighted by Gasteiger charge is 2.14.